The molecule has 45 heavy (non-hydrogen) atoms. The SMILES string of the molecule is c1ccc2c(c1)sc1cc(-c3nc(-n4c5ncccc5c5cccnc54)nc(-n4c5ncccc5c5cccnc54)n3)ccc12. The summed E-state index contributed by atoms with van der Waals surface area (Å²) in [4.78, 5) is 34.3. The van der Waals surface area contributed by atoms with Crippen LogP contribution in [0, 0.1) is 0 Å². The predicted molar refractivity (Wildman–Crippen MR) is 178 cm³/mol. The molecule has 8 aromatic heterocycles. The predicted octanol–water partition coefficient (Wildman–Crippen LogP) is 7.68. The summed E-state index contributed by atoms with van der Waals surface area (Å²) in [6, 6.07) is 30.8. The van der Waals surface area contributed by atoms with Crippen LogP contribution in [0.4, 0.5) is 0 Å². The van der Waals surface area contributed by atoms with Gasteiger partial charge in [-0.15, -0.1) is 11.3 Å². The lowest BCUT2D eigenvalue weighted by molar-refractivity contribution is 0.875. The highest BCUT2D eigenvalue weighted by atomic mass is 32.1. The number of hydrogen-bond donors (Lipinski definition) is 0. The first kappa shape index (κ1) is 24.3. The molecule has 0 aliphatic heterocycles. The molecular formula is C35H19N9S. The third kappa shape index (κ3) is 3.51. The number of nitrogens with zero attached hydrogens (tertiary/aromatic N) is 9. The van der Waals surface area contributed by atoms with E-state index in [1.54, 1.807) is 36.1 Å². The van der Waals surface area contributed by atoms with Crippen molar-refractivity contribution in [3.8, 4) is 23.3 Å². The molecule has 0 N–H and O–H groups in total. The summed E-state index contributed by atoms with van der Waals surface area (Å²) in [6.07, 6.45) is 7.10. The Balaban J connectivity index is 1.31. The van der Waals surface area contributed by atoms with Gasteiger partial charge in [0.05, 0.1) is 0 Å². The van der Waals surface area contributed by atoms with E-state index in [9.17, 15) is 0 Å². The molecule has 10 rings (SSSR count). The summed E-state index contributed by atoms with van der Waals surface area (Å²) in [7, 11) is 0. The molecule has 0 aliphatic rings. The Hall–Kier alpha value is -6.13. The van der Waals surface area contributed by atoms with E-state index >= 15 is 0 Å². The molecule has 0 spiro atoms. The van der Waals surface area contributed by atoms with Gasteiger partial charge in [0.25, 0.3) is 0 Å². The van der Waals surface area contributed by atoms with Gasteiger partial charge >= 0.3 is 0 Å². The van der Waals surface area contributed by atoms with Gasteiger partial charge in [0.15, 0.2) is 5.82 Å². The Kier molecular flexibility index (Phi) is 4.96. The summed E-state index contributed by atoms with van der Waals surface area (Å²) in [6.45, 7) is 0. The molecule has 0 radical (unpaired) electrons. The smallest absolute Gasteiger partial charge is 0.242 e. The zero-order chi connectivity index (χ0) is 29.5. The molecule has 0 saturated carbocycles. The zero-order valence-electron chi connectivity index (χ0n) is 23.4. The summed E-state index contributed by atoms with van der Waals surface area (Å²) in [5.74, 6) is 1.34. The molecule has 0 atom stereocenters. The summed E-state index contributed by atoms with van der Waals surface area (Å²) < 4.78 is 6.22. The van der Waals surface area contributed by atoms with E-state index in [2.05, 4.69) is 42.5 Å². The maximum atomic E-state index is 5.09. The second-order valence-corrected chi connectivity index (χ2v) is 11.8. The number of pyridine rings is 4. The van der Waals surface area contributed by atoms with Crippen LogP contribution < -0.4 is 0 Å². The van der Waals surface area contributed by atoms with Crippen molar-refractivity contribution in [2.45, 2.75) is 0 Å². The Bertz CT molecular complexity index is 2550. The third-order valence-corrected chi connectivity index (χ3v) is 9.36. The largest absolute Gasteiger partial charge is 0.245 e. The Morgan fingerprint density at radius 1 is 0.422 bits per heavy atom. The second-order valence-electron chi connectivity index (χ2n) is 10.7. The molecule has 0 fully saturated rings. The van der Waals surface area contributed by atoms with Gasteiger partial charge < -0.3 is 0 Å². The van der Waals surface area contributed by atoms with Crippen LogP contribution in [-0.4, -0.2) is 44.0 Å². The van der Waals surface area contributed by atoms with Crippen molar-refractivity contribution >= 4 is 75.6 Å². The molecule has 10 heteroatoms. The van der Waals surface area contributed by atoms with Crippen LogP contribution >= 0.6 is 11.3 Å². The molecule has 2 aromatic carbocycles. The zero-order valence-corrected chi connectivity index (χ0v) is 24.2. The maximum absolute atomic E-state index is 5.09. The van der Waals surface area contributed by atoms with E-state index in [1.807, 2.05) is 57.7 Å². The van der Waals surface area contributed by atoms with Crippen molar-refractivity contribution < 1.29 is 0 Å². The minimum atomic E-state index is 0.408. The average Bonchev–Trinajstić information content (AvgIpc) is 3.75. The van der Waals surface area contributed by atoms with Crippen LogP contribution in [0.5, 0.6) is 0 Å². The standard InChI is InChI=1S/C35H19N9S/c1-2-12-27-21(7-1)22-14-13-20(19-28(22)45-27)29-40-34(43-30-23(8-3-15-36-30)24-9-4-16-37-31(24)43)42-35(41-29)44-32-25(10-5-17-38-32)26-11-6-18-39-33(26)44/h1-19H. The van der Waals surface area contributed by atoms with Gasteiger partial charge in [-0.2, -0.15) is 15.0 Å². The van der Waals surface area contributed by atoms with Gasteiger partial charge in [-0.25, -0.2) is 29.1 Å². The van der Waals surface area contributed by atoms with Crippen LogP contribution in [-0.2, 0) is 0 Å². The lowest BCUT2D eigenvalue weighted by atomic mass is 10.1. The van der Waals surface area contributed by atoms with Gasteiger partial charge in [0.2, 0.25) is 11.9 Å². The van der Waals surface area contributed by atoms with E-state index in [1.165, 1.54) is 15.5 Å². The van der Waals surface area contributed by atoms with Crippen molar-refractivity contribution in [3.05, 3.63) is 116 Å². The molecule has 10 aromatic rings. The highest BCUT2D eigenvalue weighted by Crippen LogP contribution is 2.37. The van der Waals surface area contributed by atoms with Gasteiger partial charge in [0, 0.05) is 72.1 Å². The van der Waals surface area contributed by atoms with Crippen LogP contribution in [0.25, 0.3) is 87.6 Å². The molecular weight excluding hydrogens is 579 g/mol. The molecule has 9 nitrogen and oxygen atoms in total. The number of rotatable bonds is 3. The second kappa shape index (κ2) is 9.18. The highest BCUT2D eigenvalue weighted by Gasteiger charge is 2.22. The highest BCUT2D eigenvalue weighted by molar-refractivity contribution is 7.25. The quantitative estimate of drug-likeness (QED) is 0.206. The number of thiophene rings is 1. The fourth-order valence-electron chi connectivity index (χ4n) is 6.27. The van der Waals surface area contributed by atoms with Gasteiger partial charge in [0.1, 0.15) is 22.6 Å². The van der Waals surface area contributed by atoms with E-state index in [-0.39, 0.29) is 0 Å². The molecule has 210 valence electrons. The van der Waals surface area contributed by atoms with Crippen LogP contribution in [0.1, 0.15) is 0 Å². The van der Waals surface area contributed by atoms with Crippen molar-refractivity contribution in [3.63, 3.8) is 0 Å². The van der Waals surface area contributed by atoms with Gasteiger partial charge in [-0.05, 0) is 60.7 Å². The van der Waals surface area contributed by atoms with E-state index in [0.29, 0.717) is 40.3 Å². The number of benzene rings is 2. The molecule has 0 amide bonds. The van der Waals surface area contributed by atoms with Crippen molar-refractivity contribution in [1.82, 2.24) is 44.0 Å². The van der Waals surface area contributed by atoms with Crippen molar-refractivity contribution in [2.75, 3.05) is 0 Å². The van der Waals surface area contributed by atoms with Crippen LogP contribution in [0.15, 0.2) is 116 Å². The maximum Gasteiger partial charge on any atom is 0.242 e. The molecule has 0 aliphatic carbocycles. The molecule has 0 unspecified atom stereocenters. The first-order valence-electron chi connectivity index (χ1n) is 14.4. The summed E-state index contributed by atoms with van der Waals surface area (Å²) in [5, 5.41) is 6.32. The Morgan fingerprint density at radius 2 is 0.889 bits per heavy atom. The van der Waals surface area contributed by atoms with Gasteiger partial charge in [-0.1, -0.05) is 30.3 Å². The first-order valence-corrected chi connectivity index (χ1v) is 15.2. The van der Waals surface area contributed by atoms with Gasteiger partial charge in [-0.3, -0.25) is 0 Å². The minimum Gasteiger partial charge on any atom is -0.245 e. The summed E-state index contributed by atoms with van der Waals surface area (Å²) >= 11 is 1.76. The van der Waals surface area contributed by atoms with Crippen LogP contribution in [0.2, 0.25) is 0 Å². The van der Waals surface area contributed by atoms with Crippen molar-refractivity contribution in [2.24, 2.45) is 0 Å². The Labute approximate surface area is 258 Å². The van der Waals surface area contributed by atoms with Crippen molar-refractivity contribution in [1.29, 1.82) is 0 Å². The lowest BCUT2D eigenvalue weighted by Crippen LogP contribution is -2.11. The summed E-state index contributed by atoms with van der Waals surface area (Å²) in [5.41, 5.74) is 3.74. The third-order valence-electron chi connectivity index (χ3n) is 8.22. The Morgan fingerprint density at radius 3 is 1.42 bits per heavy atom. The molecule has 0 bridgehead atoms. The van der Waals surface area contributed by atoms with Crippen LogP contribution in [0.3, 0.4) is 0 Å². The monoisotopic (exact) mass is 597 g/mol. The topological polar surface area (TPSA) is 100 Å². The van der Waals surface area contributed by atoms with E-state index in [0.717, 1.165) is 31.8 Å². The number of fused-ring (bicyclic) bond motifs is 9. The molecule has 8 heterocycles. The lowest BCUT2D eigenvalue weighted by Gasteiger charge is -2.11. The average molecular weight is 598 g/mol. The van der Waals surface area contributed by atoms with E-state index in [4.69, 9.17) is 34.9 Å². The fraction of sp³-hybridized carbons (Fsp3) is 0. The number of hydrogen-bond acceptors (Lipinski definition) is 8. The number of aromatic nitrogens is 9. The normalized spacial score (nSPS) is 12.0. The minimum absolute atomic E-state index is 0.408. The fourth-order valence-corrected chi connectivity index (χ4v) is 7.41. The molecule has 0 saturated heterocycles. The first-order chi connectivity index (χ1) is 22.3. The van der Waals surface area contributed by atoms with E-state index < -0.39 is 0 Å².